The summed E-state index contributed by atoms with van der Waals surface area (Å²) < 4.78 is 22.9. The van der Waals surface area contributed by atoms with Crippen molar-refractivity contribution in [2.24, 2.45) is 5.14 Å². The molecule has 0 aromatic heterocycles. The molecule has 0 saturated heterocycles. The van der Waals surface area contributed by atoms with Crippen molar-refractivity contribution in [2.75, 3.05) is 24.3 Å². The van der Waals surface area contributed by atoms with Crippen molar-refractivity contribution in [1.82, 2.24) is 0 Å². The van der Waals surface area contributed by atoms with Gasteiger partial charge in [-0.2, -0.15) is 0 Å². The molecule has 0 saturated carbocycles. The van der Waals surface area contributed by atoms with E-state index in [0.29, 0.717) is 0 Å². The van der Waals surface area contributed by atoms with Gasteiger partial charge in [0.1, 0.15) is 4.90 Å². The Bertz CT molecular complexity index is 526. The van der Waals surface area contributed by atoms with E-state index in [1.54, 1.807) is 0 Å². The van der Waals surface area contributed by atoms with E-state index < -0.39 is 15.6 Å². The molecular weight excluding hydrogens is 258 g/mol. The number of hydrogen-bond acceptors (Lipinski definition) is 6. The average Bonchev–Trinajstić information content (AvgIpc) is 2.30. The molecule has 18 heavy (non-hydrogen) atoms. The highest BCUT2D eigenvalue weighted by Crippen LogP contribution is 2.25. The lowest BCUT2D eigenvalue weighted by Gasteiger charge is -2.28. The number of nitrogens with one attached hydrogen (secondary N) is 1. The van der Waals surface area contributed by atoms with Gasteiger partial charge < -0.3 is 21.3 Å². The molecule has 1 aromatic carbocycles. The van der Waals surface area contributed by atoms with Gasteiger partial charge in [-0.15, -0.1) is 0 Å². The lowest BCUT2D eigenvalue weighted by molar-refractivity contribution is 0.147. The van der Waals surface area contributed by atoms with Crippen LogP contribution in [0.5, 0.6) is 0 Å². The fraction of sp³-hybridized carbons (Fsp3) is 0.400. The topological polar surface area (TPSA) is 139 Å². The molecule has 0 bridgehead atoms. The fourth-order valence-electron chi connectivity index (χ4n) is 1.33. The van der Waals surface area contributed by atoms with Crippen molar-refractivity contribution >= 4 is 21.4 Å². The van der Waals surface area contributed by atoms with Gasteiger partial charge in [0.05, 0.1) is 24.4 Å². The molecule has 0 aliphatic rings. The maximum atomic E-state index is 11.4. The Labute approximate surface area is 105 Å². The highest BCUT2D eigenvalue weighted by molar-refractivity contribution is 7.89. The third-order valence-corrected chi connectivity index (χ3v) is 3.40. The molecule has 0 fully saturated rings. The molecule has 1 rings (SSSR count). The maximum Gasteiger partial charge on any atom is 0.240 e. The number of aliphatic hydroxyl groups excluding tert-OH is 2. The summed E-state index contributed by atoms with van der Waals surface area (Å²) in [5.74, 6) is 0. The molecule has 0 amide bonds. The first-order chi connectivity index (χ1) is 8.22. The fourth-order valence-corrected chi connectivity index (χ4v) is 2.06. The summed E-state index contributed by atoms with van der Waals surface area (Å²) in [6.45, 7) is 0.784. The summed E-state index contributed by atoms with van der Waals surface area (Å²) in [5, 5.41) is 26.2. The van der Waals surface area contributed by atoms with Gasteiger partial charge in [0.2, 0.25) is 10.0 Å². The van der Waals surface area contributed by atoms with Crippen LogP contribution in [0.25, 0.3) is 0 Å². The van der Waals surface area contributed by atoms with E-state index in [1.807, 2.05) is 0 Å². The van der Waals surface area contributed by atoms with E-state index >= 15 is 0 Å². The molecule has 102 valence electrons. The second kappa shape index (κ2) is 5.11. The van der Waals surface area contributed by atoms with E-state index in [4.69, 9.17) is 21.1 Å². The van der Waals surface area contributed by atoms with E-state index in [1.165, 1.54) is 25.1 Å². The molecule has 1 aromatic rings. The van der Waals surface area contributed by atoms with Crippen LogP contribution in [0.4, 0.5) is 11.4 Å². The average molecular weight is 275 g/mol. The van der Waals surface area contributed by atoms with Crippen molar-refractivity contribution in [3.63, 3.8) is 0 Å². The molecule has 7 nitrogen and oxygen atoms in total. The van der Waals surface area contributed by atoms with E-state index in [9.17, 15) is 8.42 Å². The molecule has 0 heterocycles. The Kier molecular flexibility index (Phi) is 4.17. The first kappa shape index (κ1) is 14.7. The summed E-state index contributed by atoms with van der Waals surface area (Å²) in [4.78, 5) is -0.185. The van der Waals surface area contributed by atoms with E-state index in [-0.39, 0.29) is 29.5 Å². The molecule has 0 spiro atoms. The zero-order chi connectivity index (χ0) is 14.0. The summed E-state index contributed by atoms with van der Waals surface area (Å²) >= 11 is 0. The van der Waals surface area contributed by atoms with Crippen LogP contribution in [0, 0.1) is 0 Å². The number of hydrogen-bond donors (Lipinski definition) is 5. The molecule has 0 atom stereocenters. The van der Waals surface area contributed by atoms with Gasteiger partial charge >= 0.3 is 0 Å². The minimum absolute atomic E-state index is 0.178. The first-order valence-electron chi connectivity index (χ1n) is 5.14. The normalized spacial score (nSPS) is 12.4. The molecular formula is C10H17N3O4S. The van der Waals surface area contributed by atoms with Crippen LogP contribution >= 0.6 is 0 Å². The molecule has 0 aliphatic heterocycles. The van der Waals surface area contributed by atoms with Gasteiger partial charge in [0.25, 0.3) is 0 Å². The number of benzene rings is 1. The van der Waals surface area contributed by atoms with Gasteiger partial charge in [0.15, 0.2) is 0 Å². The molecule has 0 aliphatic carbocycles. The Morgan fingerprint density at radius 2 is 1.89 bits per heavy atom. The van der Waals surface area contributed by atoms with E-state index in [0.717, 1.165) is 0 Å². The second-order valence-corrected chi connectivity index (χ2v) is 5.83. The van der Waals surface area contributed by atoms with Crippen molar-refractivity contribution in [3.8, 4) is 0 Å². The third-order valence-electron chi connectivity index (χ3n) is 2.45. The van der Waals surface area contributed by atoms with Crippen LogP contribution in [-0.4, -0.2) is 37.4 Å². The summed E-state index contributed by atoms with van der Waals surface area (Å²) in [7, 11) is -3.95. The van der Waals surface area contributed by atoms with Crippen LogP contribution in [-0.2, 0) is 10.0 Å². The quantitative estimate of drug-likeness (QED) is 0.440. The zero-order valence-corrected chi connectivity index (χ0v) is 10.7. The number of aliphatic hydroxyl groups is 2. The summed E-state index contributed by atoms with van der Waals surface area (Å²) in [6.07, 6.45) is 0. The number of rotatable bonds is 5. The standard InChI is InChI=1S/C10H17N3O4S/c1-10(5-14,6-15)13-8-3-2-7(11)4-9(8)18(12,16)17/h2-4,13-15H,5-6,11H2,1H3,(H2,12,16,17). The van der Waals surface area contributed by atoms with Crippen molar-refractivity contribution in [1.29, 1.82) is 0 Å². The Morgan fingerprint density at radius 3 is 2.33 bits per heavy atom. The number of primary sulfonamides is 1. The van der Waals surface area contributed by atoms with Crippen molar-refractivity contribution in [3.05, 3.63) is 18.2 Å². The zero-order valence-electron chi connectivity index (χ0n) is 9.92. The number of sulfonamides is 1. The Hall–Kier alpha value is -1.35. The number of anilines is 2. The Balaban J connectivity index is 3.26. The minimum Gasteiger partial charge on any atom is -0.399 e. The van der Waals surface area contributed by atoms with Crippen molar-refractivity contribution in [2.45, 2.75) is 17.4 Å². The largest absolute Gasteiger partial charge is 0.399 e. The molecule has 8 heteroatoms. The summed E-state index contributed by atoms with van der Waals surface area (Å²) in [6, 6.07) is 4.14. The second-order valence-electron chi connectivity index (χ2n) is 4.30. The Morgan fingerprint density at radius 1 is 1.33 bits per heavy atom. The minimum atomic E-state index is -3.95. The predicted octanol–water partition coefficient (Wildman–Crippen LogP) is -0.929. The van der Waals surface area contributed by atoms with Gasteiger partial charge in [-0.3, -0.25) is 0 Å². The molecule has 0 radical (unpaired) electrons. The predicted molar refractivity (Wildman–Crippen MR) is 68.4 cm³/mol. The highest BCUT2D eigenvalue weighted by Gasteiger charge is 2.25. The molecule has 0 unspecified atom stereocenters. The smallest absolute Gasteiger partial charge is 0.240 e. The van der Waals surface area contributed by atoms with Gasteiger partial charge in [0, 0.05) is 5.69 Å². The lowest BCUT2D eigenvalue weighted by Crippen LogP contribution is -2.43. The number of nitrogens with two attached hydrogens (primary N) is 2. The SMILES string of the molecule is CC(CO)(CO)Nc1ccc(N)cc1S(N)(=O)=O. The van der Waals surface area contributed by atoms with Crippen LogP contribution < -0.4 is 16.2 Å². The van der Waals surface area contributed by atoms with Crippen LogP contribution in [0.2, 0.25) is 0 Å². The number of nitrogen functional groups attached to an aromatic ring is 1. The van der Waals surface area contributed by atoms with Gasteiger partial charge in [-0.1, -0.05) is 0 Å². The maximum absolute atomic E-state index is 11.4. The van der Waals surface area contributed by atoms with Gasteiger partial charge in [-0.25, -0.2) is 13.6 Å². The van der Waals surface area contributed by atoms with Crippen molar-refractivity contribution < 1.29 is 18.6 Å². The monoisotopic (exact) mass is 275 g/mol. The first-order valence-corrected chi connectivity index (χ1v) is 6.69. The van der Waals surface area contributed by atoms with E-state index in [2.05, 4.69) is 5.32 Å². The van der Waals surface area contributed by atoms with Crippen LogP contribution in [0.3, 0.4) is 0 Å². The molecule has 7 N–H and O–H groups in total. The third kappa shape index (κ3) is 3.33. The van der Waals surface area contributed by atoms with Gasteiger partial charge in [-0.05, 0) is 25.1 Å². The van der Waals surface area contributed by atoms with Crippen LogP contribution in [0.15, 0.2) is 23.1 Å². The van der Waals surface area contributed by atoms with Crippen LogP contribution in [0.1, 0.15) is 6.92 Å². The summed E-state index contributed by atoms with van der Waals surface area (Å²) in [5.41, 5.74) is 4.87. The highest BCUT2D eigenvalue weighted by atomic mass is 32.2. The lowest BCUT2D eigenvalue weighted by atomic mass is 10.0.